The molecule has 0 atom stereocenters. The zero-order chi connectivity index (χ0) is 22.5. The van der Waals surface area contributed by atoms with Gasteiger partial charge in [0.2, 0.25) is 5.91 Å². The summed E-state index contributed by atoms with van der Waals surface area (Å²) >= 11 is 2.75. The van der Waals surface area contributed by atoms with Crippen LogP contribution in [0.4, 0.5) is 13.9 Å². The van der Waals surface area contributed by atoms with Crippen LogP contribution in [0.3, 0.4) is 0 Å². The minimum atomic E-state index is -0.899. The number of carbonyl (C=O) groups is 2. The molecule has 0 bridgehead atoms. The molecule has 0 fully saturated rings. The molecule has 6 nitrogen and oxygen atoms in total. The summed E-state index contributed by atoms with van der Waals surface area (Å²) in [7, 11) is 0. The highest BCUT2D eigenvalue weighted by Gasteiger charge is 2.17. The van der Waals surface area contributed by atoms with Crippen molar-refractivity contribution < 1.29 is 18.4 Å². The van der Waals surface area contributed by atoms with E-state index in [2.05, 4.69) is 15.6 Å². The predicted molar refractivity (Wildman–Crippen MR) is 122 cm³/mol. The molecule has 2 N–H and O–H groups in total. The maximum absolute atomic E-state index is 13.8. The molecule has 2 amide bonds. The number of hydrogen-bond donors (Lipinski definition) is 2. The van der Waals surface area contributed by atoms with E-state index in [0.717, 1.165) is 27.9 Å². The van der Waals surface area contributed by atoms with Gasteiger partial charge in [0.15, 0.2) is 5.13 Å². The molecule has 0 saturated carbocycles. The SMILES string of the molecule is O=C(CSc1cn(CCNC(=O)c2c(F)cccc2F)c2ccccc12)Nc1nccs1. The summed E-state index contributed by atoms with van der Waals surface area (Å²) in [4.78, 5) is 29.3. The zero-order valence-electron chi connectivity index (χ0n) is 16.7. The summed E-state index contributed by atoms with van der Waals surface area (Å²) < 4.78 is 29.5. The van der Waals surface area contributed by atoms with Crippen molar-refractivity contribution >= 4 is 50.9 Å². The summed E-state index contributed by atoms with van der Waals surface area (Å²) in [5.41, 5.74) is 0.342. The van der Waals surface area contributed by atoms with E-state index < -0.39 is 23.1 Å². The number of benzene rings is 2. The highest BCUT2D eigenvalue weighted by molar-refractivity contribution is 8.00. The molecule has 2 aromatic heterocycles. The van der Waals surface area contributed by atoms with E-state index >= 15 is 0 Å². The number of anilines is 1. The van der Waals surface area contributed by atoms with E-state index in [0.29, 0.717) is 11.7 Å². The number of rotatable bonds is 8. The largest absolute Gasteiger partial charge is 0.350 e. The van der Waals surface area contributed by atoms with Crippen LogP contribution < -0.4 is 10.6 Å². The third kappa shape index (κ3) is 4.97. The van der Waals surface area contributed by atoms with E-state index in [9.17, 15) is 18.4 Å². The Morgan fingerprint density at radius 3 is 2.62 bits per heavy atom. The van der Waals surface area contributed by atoms with Crippen LogP contribution in [0.5, 0.6) is 0 Å². The van der Waals surface area contributed by atoms with Crippen LogP contribution in [0.1, 0.15) is 10.4 Å². The van der Waals surface area contributed by atoms with Gasteiger partial charge in [-0.3, -0.25) is 9.59 Å². The number of carbonyl (C=O) groups excluding carboxylic acids is 2. The fraction of sp³-hybridized carbons (Fsp3) is 0.136. The minimum absolute atomic E-state index is 0.152. The predicted octanol–water partition coefficient (Wildman–Crippen LogP) is 4.54. The fourth-order valence-corrected chi connectivity index (χ4v) is 4.62. The third-order valence-electron chi connectivity index (χ3n) is 4.62. The Hall–Kier alpha value is -3.24. The smallest absolute Gasteiger partial charge is 0.257 e. The quantitative estimate of drug-likeness (QED) is 0.369. The Balaban J connectivity index is 1.41. The second kappa shape index (κ2) is 9.92. The molecule has 0 aliphatic carbocycles. The number of aromatic nitrogens is 2. The Morgan fingerprint density at radius 2 is 1.88 bits per heavy atom. The number of amides is 2. The van der Waals surface area contributed by atoms with Gasteiger partial charge in [-0.2, -0.15) is 0 Å². The van der Waals surface area contributed by atoms with E-state index in [-0.39, 0.29) is 18.2 Å². The van der Waals surface area contributed by atoms with Gasteiger partial charge in [-0.25, -0.2) is 13.8 Å². The number of nitrogens with one attached hydrogen (secondary N) is 2. The monoisotopic (exact) mass is 472 g/mol. The Bertz CT molecular complexity index is 1240. The topological polar surface area (TPSA) is 76.0 Å². The van der Waals surface area contributed by atoms with Gasteiger partial charge in [0.1, 0.15) is 17.2 Å². The first-order chi connectivity index (χ1) is 15.5. The van der Waals surface area contributed by atoms with Gasteiger partial charge in [-0.05, 0) is 18.2 Å². The zero-order valence-corrected chi connectivity index (χ0v) is 18.3. The normalized spacial score (nSPS) is 10.9. The number of thiazole rings is 1. The molecule has 0 saturated heterocycles. The number of fused-ring (bicyclic) bond motifs is 1. The van der Waals surface area contributed by atoms with Crippen LogP contribution in [0.25, 0.3) is 10.9 Å². The van der Waals surface area contributed by atoms with Crippen molar-refractivity contribution in [2.45, 2.75) is 11.4 Å². The first kappa shape index (κ1) is 22.0. The standard InChI is InChI=1S/C22H18F2N4O2S2/c23-15-5-3-6-16(24)20(15)21(30)25-8-10-28-12-18(14-4-1-2-7-17(14)28)32-13-19(29)27-22-26-9-11-31-22/h1-7,9,11-12H,8,10,13H2,(H,25,30)(H,26,27,29). The number of thioether (sulfide) groups is 1. The molecule has 0 aliphatic rings. The molecule has 2 aromatic carbocycles. The molecule has 0 spiro atoms. The number of nitrogens with zero attached hydrogens (tertiary/aromatic N) is 2. The average Bonchev–Trinajstić information content (AvgIpc) is 3.40. The second-order valence-corrected chi connectivity index (χ2v) is 8.64. The number of hydrogen-bond acceptors (Lipinski definition) is 5. The van der Waals surface area contributed by atoms with Crippen LogP contribution in [0.2, 0.25) is 0 Å². The summed E-state index contributed by atoms with van der Waals surface area (Å²) in [6.45, 7) is 0.577. The van der Waals surface area contributed by atoms with Crippen molar-refractivity contribution in [3.8, 4) is 0 Å². The molecule has 164 valence electrons. The average molecular weight is 473 g/mol. The lowest BCUT2D eigenvalue weighted by atomic mass is 10.2. The molecule has 2 heterocycles. The van der Waals surface area contributed by atoms with Gasteiger partial charge in [0.25, 0.3) is 5.91 Å². The lowest BCUT2D eigenvalue weighted by Crippen LogP contribution is -2.28. The van der Waals surface area contributed by atoms with Crippen molar-refractivity contribution in [2.24, 2.45) is 0 Å². The van der Waals surface area contributed by atoms with Gasteiger partial charge < -0.3 is 15.2 Å². The molecular formula is C22H18F2N4O2S2. The molecule has 4 rings (SSSR count). The molecule has 4 aromatic rings. The maximum atomic E-state index is 13.8. The molecule has 10 heteroatoms. The van der Waals surface area contributed by atoms with Crippen LogP contribution in [0, 0.1) is 11.6 Å². The lowest BCUT2D eigenvalue weighted by Gasteiger charge is -2.09. The van der Waals surface area contributed by atoms with Crippen molar-refractivity contribution in [1.82, 2.24) is 14.9 Å². The van der Waals surface area contributed by atoms with Crippen LogP contribution in [-0.4, -0.2) is 33.7 Å². The molecular weight excluding hydrogens is 454 g/mol. The van der Waals surface area contributed by atoms with Crippen LogP contribution in [0.15, 0.2) is 65.1 Å². The molecule has 0 aliphatic heterocycles. The van der Waals surface area contributed by atoms with Gasteiger partial charge in [0.05, 0.1) is 5.75 Å². The van der Waals surface area contributed by atoms with Gasteiger partial charge in [-0.1, -0.05) is 24.3 Å². The Kier molecular flexibility index (Phi) is 6.81. The number of halogens is 2. The summed E-state index contributed by atoms with van der Waals surface area (Å²) in [6.07, 6.45) is 3.53. The minimum Gasteiger partial charge on any atom is -0.350 e. The van der Waals surface area contributed by atoms with Gasteiger partial charge in [-0.15, -0.1) is 23.1 Å². The number of para-hydroxylation sites is 1. The Morgan fingerprint density at radius 1 is 1.09 bits per heavy atom. The fourth-order valence-electron chi connectivity index (χ4n) is 3.19. The highest BCUT2D eigenvalue weighted by Crippen LogP contribution is 2.30. The maximum Gasteiger partial charge on any atom is 0.257 e. The first-order valence-corrected chi connectivity index (χ1v) is 11.5. The molecule has 0 unspecified atom stereocenters. The summed E-state index contributed by atoms with van der Waals surface area (Å²) in [5, 5.41) is 8.63. The van der Waals surface area contributed by atoms with Crippen molar-refractivity contribution in [3.63, 3.8) is 0 Å². The second-order valence-electron chi connectivity index (χ2n) is 6.73. The van der Waals surface area contributed by atoms with Gasteiger partial charge in [0, 0.05) is 46.7 Å². The van der Waals surface area contributed by atoms with Crippen LogP contribution in [-0.2, 0) is 11.3 Å². The van der Waals surface area contributed by atoms with E-state index in [1.54, 1.807) is 11.6 Å². The summed E-state index contributed by atoms with van der Waals surface area (Å²) in [6, 6.07) is 11.0. The molecule has 0 radical (unpaired) electrons. The van der Waals surface area contributed by atoms with Crippen molar-refractivity contribution in [2.75, 3.05) is 17.6 Å². The highest BCUT2D eigenvalue weighted by atomic mass is 32.2. The van der Waals surface area contributed by atoms with Gasteiger partial charge >= 0.3 is 0 Å². The van der Waals surface area contributed by atoms with Crippen molar-refractivity contribution in [1.29, 1.82) is 0 Å². The lowest BCUT2D eigenvalue weighted by molar-refractivity contribution is -0.113. The first-order valence-electron chi connectivity index (χ1n) is 9.65. The van der Waals surface area contributed by atoms with Crippen molar-refractivity contribution in [3.05, 3.63) is 77.4 Å². The van der Waals surface area contributed by atoms with Crippen LogP contribution >= 0.6 is 23.1 Å². The van der Waals surface area contributed by atoms with E-state index in [4.69, 9.17) is 0 Å². The third-order valence-corrected chi connectivity index (χ3v) is 6.35. The molecule has 32 heavy (non-hydrogen) atoms. The van der Waals surface area contributed by atoms with E-state index in [1.807, 2.05) is 35.0 Å². The van der Waals surface area contributed by atoms with E-state index in [1.165, 1.54) is 29.2 Å². The Labute approximate surface area is 190 Å². The summed E-state index contributed by atoms with van der Waals surface area (Å²) in [5.74, 6) is -2.53.